The molecular weight excluding hydrogens is 503 g/mol. The zero-order chi connectivity index (χ0) is 21.2. The number of guanidine groups is 1. The van der Waals surface area contributed by atoms with Crippen molar-refractivity contribution in [3.63, 3.8) is 0 Å². The van der Waals surface area contributed by atoms with Gasteiger partial charge in [-0.1, -0.05) is 19.1 Å². The van der Waals surface area contributed by atoms with E-state index in [0.717, 1.165) is 49.2 Å². The van der Waals surface area contributed by atoms with Crippen LogP contribution < -0.4 is 15.4 Å². The van der Waals surface area contributed by atoms with Gasteiger partial charge >= 0.3 is 0 Å². The van der Waals surface area contributed by atoms with Crippen LogP contribution in [0, 0.1) is 12.8 Å². The van der Waals surface area contributed by atoms with Gasteiger partial charge in [-0.25, -0.2) is 0 Å². The van der Waals surface area contributed by atoms with Crippen molar-refractivity contribution in [2.75, 3.05) is 46.4 Å². The van der Waals surface area contributed by atoms with Crippen LogP contribution >= 0.6 is 24.0 Å². The van der Waals surface area contributed by atoms with Crippen LogP contribution in [-0.2, 0) is 11.3 Å². The average Bonchev–Trinajstić information content (AvgIpc) is 3.29. The molecule has 176 valence electrons. The van der Waals surface area contributed by atoms with E-state index in [-0.39, 0.29) is 30.1 Å². The van der Waals surface area contributed by atoms with Crippen LogP contribution in [0.2, 0.25) is 0 Å². The third-order valence-electron chi connectivity index (χ3n) is 6.34. The maximum absolute atomic E-state index is 6.12. The standard InChI is InChI=1S/C24H40N4O2.HI/c1-4-28-13-10-20(11-14-28)9-12-26-24(25-3)27-17-21-8-7-19(2)16-23(21)30-18-22-6-5-15-29-22;/h7-8,16,20,22H,4-6,9-15,17-18H2,1-3H3,(H2,25,26,27);1H. The molecule has 0 aliphatic carbocycles. The lowest BCUT2D eigenvalue weighted by molar-refractivity contribution is 0.0676. The van der Waals surface area contributed by atoms with E-state index in [2.05, 4.69) is 52.6 Å². The first-order chi connectivity index (χ1) is 14.7. The molecule has 2 heterocycles. The Kier molecular flexibility index (Phi) is 12.0. The minimum Gasteiger partial charge on any atom is -0.491 e. The topological polar surface area (TPSA) is 58.1 Å². The fourth-order valence-electron chi connectivity index (χ4n) is 4.29. The summed E-state index contributed by atoms with van der Waals surface area (Å²) in [5.41, 5.74) is 2.35. The highest BCUT2D eigenvalue weighted by Gasteiger charge is 2.18. The van der Waals surface area contributed by atoms with Gasteiger partial charge in [0.1, 0.15) is 12.4 Å². The molecule has 2 fully saturated rings. The summed E-state index contributed by atoms with van der Waals surface area (Å²) in [5.74, 6) is 2.62. The van der Waals surface area contributed by atoms with Crippen LogP contribution in [0.25, 0.3) is 0 Å². The lowest BCUT2D eigenvalue weighted by Gasteiger charge is -2.31. The number of nitrogens with one attached hydrogen (secondary N) is 2. The Balaban J connectivity index is 0.00000341. The number of ether oxygens (including phenoxy) is 2. The first-order valence-corrected chi connectivity index (χ1v) is 11.7. The molecule has 2 aliphatic heterocycles. The zero-order valence-electron chi connectivity index (χ0n) is 19.5. The number of halogens is 1. The average molecular weight is 545 g/mol. The maximum atomic E-state index is 6.12. The van der Waals surface area contributed by atoms with E-state index in [1.807, 2.05) is 7.05 Å². The number of hydrogen-bond donors (Lipinski definition) is 2. The second-order valence-corrected chi connectivity index (χ2v) is 8.58. The summed E-state index contributed by atoms with van der Waals surface area (Å²) in [7, 11) is 1.83. The Morgan fingerprint density at radius 2 is 2.03 bits per heavy atom. The van der Waals surface area contributed by atoms with Crippen LogP contribution in [0.5, 0.6) is 5.75 Å². The van der Waals surface area contributed by atoms with Crippen LogP contribution in [0.3, 0.4) is 0 Å². The van der Waals surface area contributed by atoms with Crippen molar-refractivity contribution in [1.82, 2.24) is 15.5 Å². The van der Waals surface area contributed by atoms with Gasteiger partial charge in [0.05, 0.1) is 6.10 Å². The molecule has 2 N–H and O–H groups in total. The minimum atomic E-state index is 0. The Labute approximate surface area is 205 Å². The van der Waals surface area contributed by atoms with Gasteiger partial charge in [-0.3, -0.25) is 4.99 Å². The summed E-state index contributed by atoms with van der Waals surface area (Å²) in [6, 6.07) is 6.39. The molecule has 1 atom stereocenters. The third kappa shape index (κ3) is 8.77. The van der Waals surface area contributed by atoms with Crippen molar-refractivity contribution in [2.24, 2.45) is 10.9 Å². The van der Waals surface area contributed by atoms with Gasteiger partial charge in [-0.15, -0.1) is 24.0 Å². The molecule has 7 heteroatoms. The highest BCUT2D eigenvalue weighted by atomic mass is 127. The molecule has 1 aromatic rings. The predicted octanol–water partition coefficient (Wildman–Crippen LogP) is 3.96. The van der Waals surface area contributed by atoms with Gasteiger partial charge in [-0.2, -0.15) is 0 Å². The van der Waals surface area contributed by atoms with E-state index >= 15 is 0 Å². The maximum Gasteiger partial charge on any atom is 0.191 e. The van der Waals surface area contributed by atoms with Gasteiger partial charge in [0.2, 0.25) is 0 Å². The molecular formula is C24H41IN4O2. The number of rotatable bonds is 9. The molecule has 1 aromatic carbocycles. The van der Waals surface area contributed by atoms with Crippen molar-refractivity contribution >= 4 is 29.9 Å². The SMILES string of the molecule is CCN1CCC(CCNC(=NC)NCc2ccc(C)cc2OCC2CCCO2)CC1.I. The molecule has 2 saturated heterocycles. The quantitative estimate of drug-likeness (QED) is 0.280. The summed E-state index contributed by atoms with van der Waals surface area (Å²) < 4.78 is 11.8. The van der Waals surface area contributed by atoms with E-state index in [9.17, 15) is 0 Å². The fraction of sp³-hybridized carbons (Fsp3) is 0.708. The molecule has 3 rings (SSSR count). The number of piperidine rings is 1. The Hall–Kier alpha value is -1.06. The Morgan fingerprint density at radius 1 is 1.23 bits per heavy atom. The molecule has 0 radical (unpaired) electrons. The number of aliphatic imine (C=N–C) groups is 1. The highest BCUT2D eigenvalue weighted by molar-refractivity contribution is 14.0. The molecule has 2 aliphatic rings. The van der Waals surface area contributed by atoms with Crippen molar-refractivity contribution in [1.29, 1.82) is 0 Å². The van der Waals surface area contributed by atoms with E-state index < -0.39 is 0 Å². The summed E-state index contributed by atoms with van der Waals surface area (Å²) >= 11 is 0. The van der Waals surface area contributed by atoms with Gasteiger partial charge < -0.3 is 25.0 Å². The molecule has 1 unspecified atom stereocenters. The minimum absolute atomic E-state index is 0. The molecule has 0 saturated carbocycles. The van der Waals surface area contributed by atoms with Gasteiger partial charge in [0.25, 0.3) is 0 Å². The molecule has 0 aromatic heterocycles. The van der Waals surface area contributed by atoms with Crippen LogP contribution in [0.1, 0.15) is 50.2 Å². The smallest absolute Gasteiger partial charge is 0.191 e. The summed E-state index contributed by atoms with van der Waals surface area (Å²) in [5, 5.41) is 6.93. The van der Waals surface area contributed by atoms with Gasteiger partial charge in [0, 0.05) is 32.3 Å². The number of hydrogen-bond acceptors (Lipinski definition) is 4. The van der Waals surface area contributed by atoms with E-state index in [0.29, 0.717) is 13.2 Å². The summed E-state index contributed by atoms with van der Waals surface area (Å²) in [6.45, 7) is 11.2. The van der Waals surface area contributed by atoms with E-state index in [4.69, 9.17) is 9.47 Å². The zero-order valence-corrected chi connectivity index (χ0v) is 21.8. The Morgan fingerprint density at radius 3 is 2.71 bits per heavy atom. The molecule has 6 nitrogen and oxygen atoms in total. The van der Waals surface area contributed by atoms with Crippen molar-refractivity contribution in [3.8, 4) is 5.75 Å². The second kappa shape index (κ2) is 14.2. The van der Waals surface area contributed by atoms with Gasteiger partial charge in [0.15, 0.2) is 5.96 Å². The normalized spacial score (nSPS) is 20.4. The predicted molar refractivity (Wildman–Crippen MR) is 139 cm³/mol. The largest absolute Gasteiger partial charge is 0.491 e. The molecule has 0 bridgehead atoms. The van der Waals surface area contributed by atoms with E-state index in [1.54, 1.807) is 0 Å². The number of aryl methyl sites for hydroxylation is 1. The van der Waals surface area contributed by atoms with Crippen molar-refractivity contribution in [3.05, 3.63) is 29.3 Å². The van der Waals surface area contributed by atoms with Gasteiger partial charge in [-0.05, 0) is 76.2 Å². The second-order valence-electron chi connectivity index (χ2n) is 8.58. The highest BCUT2D eigenvalue weighted by Crippen LogP contribution is 2.22. The van der Waals surface area contributed by atoms with E-state index in [1.165, 1.54) is 44.5 Å². The molecule has 31 heavy (non-hydrogen) atoms. The number of likely N-dealkylation sites (tertiary alicyclic amines) is 1. The van der Waals surface area contributed by atoms with Crippen LogP contribution in [-0.4, -0.2) is 63.4 Å². The lowest BCUT2D eigenvalue weighted by Crippen LogP contribution is -2.39. The number of benzene rings is 1. The summed E-state index contributed by atoms with van der Waals surface area (Å²) in [6.07, 6.45) is 6.29. The van der Waals surface area contributed by atoms with Crippen molar-refractivity contribution < 1.29 is 9.47 Å². The lowest BCUT2D eigenvalue weighted by atomic mass is 9.93. The number of nitrogens with zero attached hydrogens (tertiary/aromatic N) is 2. The Bertz CT molecular complexity index is 672. The first-order valence-electron chi connectivity index (χ1n) is 11.7. The van der Waals surface area contributed by atoms with Crippen LogP contribution in [0.15, 0.2) is 23.2 Å². The monoisotopic (exact) mass is 544 g/mol. The van der Waals surface area contributed by atoms with Crippen molar-refractivity contribution in [2.45, 2.75) is 58.6 Å². The summed E-state index contributed by atoms with van der Waals surface area (Å²) in [4.78, 5) is 6.94. The molecule has 0 amide bonds. The first kappa shape index (κ1) is 26.2. The fourth-order valence-corrected chi connectivity index (χ4v) is 4.29. The van der Waals surface area contributed by atoms with Crippen LogP contribution in [0.4, 0.5) is 0 Å². The third-order valence-corrected chi connectivity index (χ3v) is 6.34. The molecule has 0 spiro atoms.